The van der Waals surface area contributed by atoms with E-state index >= 15 is 0 Å². The molecule has 2 unspecified atom stereocenters. The molecule has 0 aliphatic carbocycles. The number of hydrogen-bond donors (Lipinski definition) is 0. The number of morpholine rings is 1. The Morgan fingerprint density at radius 1 is 1.30 bits per heavy atom. The van der Waals surface area contributed by atoms with Gasteiger partial charge in [0, 0.05) is 18.5 Å². The topological polar surface area (TPSA) is 56.7 Å². The maximum absolute atomic E-state index is 6.29. The molecule has 1 aromatic heterocycles. The van der Waals surface area contributed by atoms with Gasteiger partial charge in [-0.2, -0.15) is 0 Å². The van der Waals surface area contributed by atoms with E-state index in [0.717, 1.165) is 29.4 Å². The van der Waals surface area contributed by atoms with Crippen LogP contribution in [0.2, 0.25) is 5.28 Å². The summed E-state index contributed by atoms with van der Waals surface area (Å²) in [6, 6.07) is 10.0. The molecule has 27 heavy (non-hydrogen) atoms. The number of fused-ring (bicyclic) bond motifs is 1. The lowest BCUT2D eigenvalue weighted by Crippen LogP contribution is -2.44. The van der Waals surface area contributed by atoms with Crippen molar-refractivity contribution in [3.63, 3.8) is 0 Å². The van der Waals surface area contributed by atoms with E-state index in [9.17, 15) is 0 Å². The Balaban J connectivity index is 1.55. The minimum Gasteiger partial charge on any atom is -0.493 e. The number of nitrogens with zero attached hydrogens (tertiary/aromatic N) is 3. The molecule has 6 nitrogen and oxygen atoms in total. The number of anilines is 1. The zero-order valence-electron chi connectivity index (χ0n) is 15.7. The first-order valence-corrected chi connectivity index (χ1v) is 9.68. The fourth-order valence-electron chi connectivity index (χ4n) is 3.67. The van der Waals surface area contributed by atoms with E-state index in [-0.39, 0.29) is 11.3 Å². The number of ether oxygens (including phenoxy) is 3. The zero-order chi connectivity index (χ0) is 18.9. The Morgan fingerprint density at radius 2 is 2.11 bits per heavy atom. The summed E-state index contributed by atoms with van der Waals surface area (Å²) in [4.78, 5) is 11.3. The van der Waals surface area contributed by atoms with Gasteiger partial charge >= 0.3 is 0 Å². The Bertz CT molecular complexity index is 805. The quantitative estimate of drug-likeness (QED) is 0.728. The number of para-hydroxylation sites is 1. The maximum Gasteiger partial charge on any atom is 0.224 e. The van der Waals surface area contributed by atoms with Crippen molar-refractivity contribution < 1.29 is 14.2 Å². The molecule has 2 aliphatic heterocycles. The van der Waals surface area contributed by atoms with Gasteiger partial charge in [-0.1, -0.05) is 18.2 Å². The van der Waals surface area contributed by atoms with E-state index in [0.29, 0.717) is 32.8 Å². The van der Waals surface area contributed by atoms with E-state index in [1.165, 1.54) is 0 Å². The van der Waals surface area contributed by atoms with Gasteiger partial charge in [0.2, 0.25) is 5.28 Å². The van der Waals surface area contributed by atoms with Crippen molar-refractivity contribution in [1.82, 2.24) is 9.97 Å². The van der Waals surface area contributed by atoms with Crippen molar-refractivity contribution >= 4 is 17.4 Å². The molecule has 4 rings (SSSR count). The summed E-state index contributed by atoms with van der Waals surface area (Å²) < 4.78 is 17.6. The molecule has 2 aliphatic rings. The van der Waals surface area contributed by atoms with Gasteiger partial charge in [-0.25, -0.2) is 9.97 Å². The molecule has 1 aromatic carbocycles. The van der Waals surface area contributed by atoms with E-state index in [1.807, 2.05) is 37.3 Å². The van der Waals surface area contributed by atoms with Crippen LogP contribution >= 0.6 is 11.6 Å². The number of benzene rings is 1. The van der Waals surface area contributed by atoms with Crippen molar-refractivity contribution in [2.45, 2.75) is 38.5 Å². The Labute approximate surface area is 164 Å². The van der Waals surface area contributed by atoms with Crippen LogP contribution in [-0.4, -0.2) is 42.4 Å². The van der Waals surface area contributed by atoms with Crippen LogP contribution in [-0.2, 0) is 21.7 Å². The van der Waals surface area contributed by atoms with Crippen LogP contribution < -0.4 is 9.64 Å². The molecule has 7 heteroatoms. The molecule has 144 valence electrons. The van der Waals surface area contributed by atoms with Gasteiger partial charge in [-0.05, 0) is 37.6 Å². The van der Waals surface area contributed by atoms with Crippen LogP contribution in [0.4, 0.5) is 5.82 Å². The average molecular weight is 390 g/mol. The predicted octanol–water partition coefficient (Wildman–Crippen LogP) is 3.57. The van der Waals surface area contributed by atoms with E-state index in [1.54, 1.807) is 0 Å². The average Bonchev–Trinajstić information content (AvgIpc) is 2.99. The summed E-state index contributed by atoms with van der Waals surface area (Å²) in [6.07, 6.45) is 0.681. The summed E-state index contributed by atoms with van der Waals surface area (Å²) in [7, 11) is 0. The van der Waals surface area contributed by atoms with Crippen molar-refractivity contribution in [3.8, 4) is 5.75 Å². The van der Waals surface area contributed by atoms with Gasteiger partial charge in [0.15, 0.2) is 0 Å². The van der Waals surface area contributed by atoms with Gasteiger partial charge in [0.05, 0.1) is 38.2 Å². The minimum absolute atomic E-state index is 0.238. The SMILES string of the molecule is CC1COCCN1c1nc(Cl)nc2c1COC2(C)CCOc1ccccc1. The molecule has 0 bridgehead atoms. The molecule has 2 aromatic rings. The summed E-state index contributed by atoms with van der Waals surface area (Å²) in [5, 5.41) is 0.253. The van der Waals surface area contributed by atoms with Gasteiger partial charge in [0.1, 0.15) is 17.2 Å². The van der Waals surface area contributed by atoms with E-state index < -0.39 is 5.60 Å². The lowest BCUT2D eigenvalue weighted by molar-refractivity contribution is -0.0391. The van der Waals surface area contributed by atoms with E-state index in [4.69, 9.17) is 25.8 Å². The van der Waals surface area contributed by atoms with E-state index in [2.05, 4.69) is 21.8 Å². The summed E-state index contributed by atoms with van der Waals surface area (Å²) in [5.41, 5.74) is 1.35. The Morgan fingerprint density at radius 3 is 2.89 bits per heavy atom. The number of halogens is 1. The monoisotopic (exact) mass is 389 g/mol. The third-order valence-electron chi connectivity index (χ3n) is 5.22. The molecule has 0 saturated carbocycles. The van der Waals surface area contributed by atoms with Crippen molar-refractivity contribution in [1.29, 1.82) is 0 Å². The largest absolute Gasteiger partial charge is 0.493 e. The van der Waals surface area contributed by atoms with Gasteiger partial charge in [-0.15, -0.1) is 0 Å². The Kier molecular flexibility index (Phi) is 5.21. The lowest BCUT2D eigenvalue weighted by atomic mass is 9.96. The third kappa shape index (κ3) is 3.74. The second kappa shape index (κ2) is 7.62. The second-order valence-corrected chi connectivity index (χ2v) is 7.53. The minimum atomic E-state index is -0.541. The molecular formula is C20H24ClN3O3. The molecule has 0 spiro atoms. The van der Waals surface area contributed by atoms with Crippen molar-refractivity contribution in [3.05, 3.63) is 46.9 Å². The summed E-state index contributed by atoms with van der Waals surface area (Å²) in [5.74, 6) is 1.72. The van der Waals surface area contributed by atoms with Crippen LogP contribution in [0.25, 0.3) is 0 Å². The maximum atomic E-state index is 6.29. The molecule has 1 saturated heterocycles. The summed E-state index contributed by atoms with van der Waals surface area (Å²) in [6.45, 7) is 7.34. The van der Waals surface area contributed by atoms with Crippen molar-refractivity contribution in [2.75, 3.05) is 31.3 Å². The predicted molar refractivity (Wildman–Crippen MR) is 103 cm³/mol. The fourth-order valence-corrected chi connectivity index (χ4v) is 3.83. The normalized spacial score (nSPS) is 24.7. The highest BCUT2D eigenvalue weighted by molar-refractivity contribution is 6.28. The molecular weight excluding hydrogens is 366 g/mol. The van der Waals surface area contributed by atoms with Gasteiger partial charge in [0.25, 0.3) is 0 Å². The van der Waals surface area contributed by atoms with Crippen LogP contribution in [0.5, 0.6) is 5.75 Å². The second-order valence-electron chi connectivity index (χ2n) is 7.19. The molecule has 0 N–H and O–H groups in total. The van der Waals surface area contributed by atoms with Crippen LogP contribution in [0.1, 0.15) is 31.5 Å². The summed E-state index contributed by atoms with van der Waals surface area (Å²) >= 11 is 6.29. The molecule has 0 amide bonds. The molecule has 2 atom stereocenters. The van der Waals surface area contributed by atoms with Crippen LogP contribution in [0.3, 0.4) is 0 Å². The highest BCUT2D eigenvalue weighted by Crippen LogP contribution is 2.42. The smallest absolute Gasteiger partial charge is 0.224 e. The highest BCUT2D eigenvalue weighted by Gasteiger charge is 2.41. The fraction of sp³-hybridized carbons (Fsp3) is 0.500. The number of aromatic nitrogens is 2. The zero-order valence-corrected chi connectivity index (χ0v) is 16.4. The van der Waals surface area contributed by atoms with Crippen LogP contribution in [0.15, 0.2) is 30.3 Å². The van der Waals surface area contributed by atoms with Gasteiger partial charge in [-0.3, -0.25) is 0 Å². The third-order valence-corrected chi connectivity index (χ3v) is 5.39. The Hall–Kier alpha value is -1.89. The first kappa shape index (κ1) is 18.5. The molecule has 3 heterocycles. The number of rotatable bonds is 5. The lowest BCUT2D eigenvalue weighted by Gasteiger charge is -2.35. The first-order valence-electron chi connectivity index (χ1n) is 9.30. The van der Waals surface area contributed by atoms with Crippen molar-refractivity contribution in [2.24, 2.45) is 0 Å². The standard InChI is InChI=1S/C20H24ClN3O3/c1-14-12-25-11-9-24(14)18-16-13-27-20(2,17(16)22-19(21)23-18)8-10-26-15-6-4-3-5-7-15/h3-7,14H,8-13H2,1-2H3. The number of hydrogen-bond acceptors (Lipinski definition) is 6. The molecule has 1 fully saturated rings. The van der Waals surface area contributed by atoms with Crippen LogP contribution in [0, 0.1) is 0 Å². The highest BCUT2D eigenvalue weighted by atomic mass is 35.5. The van der Waals surface area contributed by atoms with Gasteiger partial charge < -0.3 is 19.1 Å². The molecule has 0 radical (unpaired) electrons. The first-order chi connectivity index (χ1) is 13.1.